The van der Waals surface area contributed by atoms with Crippen LogP contribution in [0.2, 0.25) is 24.7 Å². The van der Waals surface area contributed by atoms with Gasteiger partial charge in [-0.15, -0.1) is 0 Å². The highest BCUT2D eigenvalue weighted by Crippen LogP contribution is 2.33. The normalized spacial score (nSPS) is 14.6. The fourth-order valence-electron chi connectivity index (χ4n) is 2.67. The highest BCUT2D eigenvalue weighted by Gasteiger charge is 2.34. The van der Waals surface area contributed by atoms with Gasteiger partial charge in [0.15, 0.2) is 0 Å². The summed E-state index contributed by atoms with van der Waals surface area (Å²) >= 11 is 0. The van der Waals surface area contributed by atoms with E-state index >= 15 is 0 Å². The number of hydrogen-bond acceptors (Lipinski definition) is 3. The molecule has 0 saturated heterocycles. The van der Waals surface area contributed by atoms with Crippen LogP contribution in [0, 0.1) is 0 Å². The molecule has 122 valence electrons. The average molecular weight is 304 g/mol. The lowest BCUT2D eigenvalue weighted by Crippen LogP contribution is -2.50. The van der Waals surface area contributed by atoms with Crippen molar-refractivity contribution < 1.29 is 10.2 Å². The Labute approximate surface area is 127 Å². The van der Waals surface area contributed by atoms with Gasteiger partial charge in [0.2, 0.25) is 0 Å². The van der Waals surface area contributed by atoms with Gasteiger partial charge in [-0.05, 0) is 12.0 Å². The maximum absolute atomic E-state index is 9.33. The third-order valence-corrected chi connectivity index (χ3v) is 9.37. The SMILES string of the molecule is CCCCCCCC[Si](C)(C)C(C)CC(N)(CO)CO. The summed E-state index contributed by atoms with van der Waals surface area (Å²) in [7, 11) is -1.32. The van der Waals surface area contributed by atoms with Crippen LogP contribution in [0.3, 0.4) is 0 Å². The van der Waals surface area contributed by atoms with E-state index in [1.807, 2.05) is 0 Å². The van der Waals surface area contributed by atoms with Crippen molar-refractivity contribution in [3.05, 3.63) is 0 Å². The van der Waals surface area contributed by atoms with Gasteiger partial charge in [-0.3, -0.25) is 0 Å². The second-order valence-electron chi connectivity index (χ2n) is 7.29. The maximum atomic E-state index is 9.33. The van der Waals surface area contributed by atoms with Gasteiger partial charge in [0.25, 0.3) is 0 Å². The van der Waals surface area contributed by atoms with Gasteiger partial charge in [0.1, 0.15) is 0 Å². The molecule has 0 heterocycles. The molecule has 0 radical (unpaired) electrons. The van der Waals surface area contributed by atoms with Crippen LogP contribution in [0.5, 0.6) is 0 Å². The first-order valence-corrected chi connectivity index (χ1v) is 11.6. The van der Waals surface area contributed by atoms with E-state index in [0.717, 1.165) is 6.42 Å². The molecule has 0 amide bonds. The minimum Gasteiger partial charge on any atom is -0.394 e. The summed E-state index contributed by atoms with van der Waals surface area (Å²) in [5.41, 5.74) is 5.76. The van der Waals surface area contributed by atoms with Crippen molar-refractivity contribution in [1.29, 1.82) is 0 Å². The summed E-state index contributed by atoms with van der Waals surface area (Å²) < 4.78 is 0. The first kappa shape index (κ1) is 20.1. The minimum absolute atomic E-state index is 0.130. The van der Waals surface area contributed by atoms with E-state index in [9.17, 15) is 10.2 Å². The molecule has 3 nitrogen and oxygen atoms in total. The molecule has 0 rings (SSSR count). The molecule has 0 bridgehead atoms. The molecule has 1 unspecified atom stereocenters. The maximum Gasteiger partial charge on any atom is 0.0633 e. The van der Waals surface area contributed by atoms with Crippen LogP contribution in [0.4, 0.5) is 0 Å². The molecule has 0 aromatic heterocycles. The zero-order chi connectivity index (χ0) is 15.6. The Hall–Kier alpha value is 0.0969. The molecule has 1 atom stereocenters. The predicted molar refractivity (Wildman–Crippen MR) is 90.8 cm³/mol. The topological polar surface area (TPSA) is 66.5 Å². The van der Waals surface area contributed by atoms with E-state index in [4.69, 9.17) is 5.73 Å². The molecule has 20 heavy (non-hydrogen) atoms. The molecule has 0 aromatic rings. The van der Waals surface area contributed by atoms with Crippen LogP contribution in [-0.4, -0.2) is 37.0 Å². The molecular formula is C16H37NO2Si. The van der Waals surface area contributed by atoms with E-state index in [-0.39, 0.29) is 13.2 Å². The van der Waals surface area contributed by atoms with Crippen molar-refractivity contribution in [1.82, 2.24) is 0 Å². The smallest absolute Gasteiger partial charge is 0.0633 e. The molecule has 4 N–H and O–H groups in total. The summed E-state index contributed by atoms with van der Waals surface area (Å²) in [4.78, 5) is 0. The Kier molecular flexibility index (Phi) is 9.98. The van der Waals surface area contributed by atoms with E-state index < -0.39 is 13.6 Å². The van der Waals surface area contributed by atoms with Gasteiger partial charge in [-0.1, -0.05) is 71.5 Å². The molecular weight excluding hydrogens is 266 g/mol. The first-order chi connectivity index (χ1) is 9.31. The minimum atomic E-state index is -1.32. The number of aliphatic hydroxyl groups excluding tert-OH is 2. The summed E-state index contributed by atoms with van der Waals surface area (Å²) in [5.74, 6) is 0. The highest BCUT2D eigenvalue weighted by atomic mass is 28.3. The lowest BCUT2D eigenvalue weighted by molar-refractivity contribution is 0.113. The second kappa shape index (κ2) is 9.93. The number of aliphatic hydroxyl groups is 2. The Bertz CT molecular complexity index is 243. The van der Waals surface area contributed by atoms with Gasteiger partial charge in [-0.2, -0.15) is 0 Å². The molecule has 4 heteroatoms. The summed E-state index contributed by atoms with van der Waals surface area (Å²) in [6.07, 6.45) is 8.79. The number of hydrogen-bond donors (Lipinski definition) is 3. The van der Waals surface area contributed by atoms with Gasteiger partial charge in [0, 0.05) is 0 Å². The van der Waals surface area contributed by atoms with Crippen LogP contribution >= 0.6 is 0 Å². The summed E-state index contributed by atoms with van der Waals surface area (Å²) in [5, 5.41) is 18.7. The highest BCUT2D eigenvalue weighted by molar-refractivity contribution is 6.78. The van der Waals surface area contributed by atoms with Crippen LogP contribution in [0.25, 0.3) is 0 Å². The fourth-order valence-corrected chi connectivity index (χ4v) is 5.29. The van der Waals surface area contributed by atoms with Crippen molar-refractivity contribution in [2.75, 3.05) is 13.2 Å². The molecule has 0 fully saturated rings. The largest absolute Gasteiger partial charge is 0.394 e. The van der Waals surface area contributed by atoms with Crippen LogP contribution in [-0.2, 0) is 0 Å². The van der Waals surface area contributed by atoms with Crippen molar-refractivity contribution in [2.45, 2.75) is 89.0 Å². The molecule has 0 aliphatic rings. The van der Waals surface area contributed by atoms with E-state index in [0.29, 0.717) is 5.54 Å². The standard InChI is InChI=1S/C16H37NO2Si/c1-5-6-7-8-9-10-11-20(3,4)15(2)12-16(17,13-18)14-19/h15,18-19H,5-14,17H2,1-4H3. The Morgan fingerprint density at radius 1 is 1.00 bits per heavy atom. The average Bonchev–Trinajstić information content (AvgIpc) is 2.42. The van der Waals surface area contributed by atoms with E-state index in [2.05, 4.69) is 26.9 Å². The molecule has 0 saturated carbocycles. The van der Waals surface area contributed by atoms with Gasteiger partial charge < -0.3 is 15.9 Å². The predicted octanol–water partition coefficient (Wildman–Crippen LogP) is 3.52. The Morgan fingerprint density at radius 2 is 1.50 bits per heavy atom. The van der Waals surface area contributed by atoms with E-state index in [1.54, 1.807) is 0 Å². The Morgan fingerprint density at radius 3 is 2.00 bits per heavy atom. The third-order valence-electron chi connectivity index (χ3n) is 4.85. The van der Waals surface area contributed by atoms with Gasteiger partial charge >= 0.3 is 0 Å². The van der Waals surface area contributed by atoms with E-state index in [1.165, 1.54) is 44.6 Å². The van der Waals surface area contributed by atoms with Crippen molar-refractivity contribution in [3.8, 4) is 0 Å². The Balaban J connectivity index is 4.08. The number of nitrogens with two attached hydrogens (primary N) is 1. The molecule has 0 aliphatic carbocycles. The van der Waals surface area contributed by atoms with Gasteiger partial charge in [0.05, 0.1) is 26.8 Å². The first-order valence-electron chi connectivity index (χ1n) is 8.32. The number of rotatable bonds is 12. The summed E-state index contributed by atoms with van der Waals surface area (Å²) in [6.45, 7) is 9.07. The summed E-state index contributed by atoms with van der Waals surface area (Å²) in [6, 6.07) is 1.33. The zero-order valence-electron chi connectivity index (χ0n) is 14.1. The molecule has 0 aliphatic heterocycles. The van der Waals surface area contributed by atoms with Crippen molar-refractivity contribution >= 4 is 8.07 Å². The van der Waals surface area contributed by atoms with Crippen LogP contribution in [0.15, 0.2) is 0 Å². The monoisotopic (exact) mass is 303 g/mol. The van der Waals surface area contributed by atoms with Gasteiger partial charge in [-0.25, -0.2) is 0 Å². The lowest BCUT2D eigenvalue weighted by Gasteiger charge is -2.36. The van der Waals surface area contributed by atoms with Crippen molar-refractivity contribution in [3.63, 3.8) is 0 Å². The zero-order valence-corrected chi connectivity index (χ0v) is 15.1. The van der Waals surface area contributed by atoms with Crippen LogP contribution in [0.1, 0.15) is 58.8 Å². The molecule has 0 aromatic carbocycles. The third kappa shape index (κ3) is 7.77. The van der Waals surface area contributed by atoms with Crippen molar-refractivity contribution in [2.24, 2.45) is 5.73 Å². The van der Waals surface area contributed by atoms with Crippen LogP contribution < -0.4 is 5.73 Å². The lowest BCUT2D eigenvalue weighted by atomic mass is 9.97. The quantitative estimate of drug-likeness (QED) is 0.382. The second-order valence-corrected chi connectivity index (χ2v) is 12.8. The number of unbranched alkanes of at least 4 members (excludes halogenated alkanes) is 5. The fraction of sp³-hybridized carbons (Fsp3) is 1.00. The molecule has 0 spiro atoms.